The molecule has 0 aliphatic rings. The van der Waals surface area contributed by atoms with Crippen LogP contribution >= 0.6 is 0 Å². The van der Waals surface area contributed by atoms with Gasteiger partial charge in [-0.15, -0.1) is 5.10 Å². The fraction of sp³-hybridized carbons (Fsp3) is 0.423. The standard InChI is InChI=1S/C26H32N6O4/c1-5-8-23(25-28-29-30-32(25)16-24(33)35-6-2)31(15-21-9-7-10-36-21)14-20-13-19-11-17(3)18(4)12-22(19)27-26(20)34/h7,9-13,23H,5-6,8,14-16H2,1-4H3,(H,27,34)/t23-/m1/s1. The number of nitrogens with zero attached hydrogens (tertiary/aromatic N) is 5. The summed E-state index contributed by atoms with van der Waals surface area (Å²) in [5.41, 5.74) is 3.59. The summed E-state index contributed by atoms with van der Waals surface area (Å²) < 4.78 is 12.2. The number of benzene rings is 1. The maximum absolute atomic E-state index is 13.1. The molecule has 10 heteroatoms. The number of aryl methyl sites for hydroxylation is 2. The van der Waals surface area contributed by atoms with Crippen LogP contribution in [0.15, 0.2) is 45.8 Å². The van der Waals surface area contributed by atoms with E-state index in [2.05, 4.69) is 45.3 Å². The van der Waals surface area contributed by atoms with Crippen LogP contribution < -0.4 is 5.56 Å². The average molecular weight is 493 g/mol. The zero-order chi connectivity index (χ0) is 25.7. The number of rotatable bonds is 11. The summed E-state index contributed by atoms with van der Waals surface area (Å²) in [5.74, 6) is 0.889. The Hall–Kier alpha value is -3.79. The van der Waals surface area contributed by atoms with Crippen molar-refractivity contribution >= 4 is 16.9 Å². The van der Waals surface area contributed by atoms with Gasteiger partial charge in [-0.25, -0.2) is 4.68 Å². The first kappa shape index (κ1) is 25.3. The second kappa shape index (κ2) is 11.3. The molecule has 4 aromatic rings. The number of aromatic nitrogens is 5. The first-order chi connectivity index (χ1) is 17.4. The molecule has 1 atom stereocenters. The van der Waals surface area contributed by atoms with Crippen LogP contribution in [-0.4, -0.2) is 42.7 Å². The fourth-order valence-electron chi connectivity index (χ4n) is 4.38. The molecule has 0 bridgehead atoms. The number of hydrogen-bond donors (Lipinski definition) is 1. The number of pyridine rings is 1. The third kappa shape index (κ3) is 5.71. The van der Waals surface area contributed by atoms with Gasteiger partial charge in [-0.2, -0.15) is 0 Å². The minimum atomic E-state index is -0.407. The lowest BCUT2D eigenvalue weighted by Crippen LogP contribution is -2.33. The van der Waals surface area contributed by atoms with Crippen LogP contribution in [0.5, 0.6) is 0 Å². The van der Waals surface area contributed by atoms with Crippen molar-refractivity contribution < 1.29 is 13.9 Å². The predicted octanol–water partition coefficient (Wildman–Crippen LogP) is 3.83. The summed E-state index contributed by atoms with van der Waals surface area (Å²) in [6.07, 6.45) is 3.19. The van der Waals surface area contributed by atoms with Crippen LogP contribution in [0.1, 0.15) is 61.0 Å². The minimum absolute atomic E-state index is 0.0832. The SMILES string of the molecule is CCC[C@H](c1nnnn1CC(=O)OCC)N(Cc1ccco1)Cc1cc2cc(C)c(C)cc2[nH]c1=O. The van der Waals surface area contributed by atoms with Crippen LogP contribution in [0, 0.1) is 13.8 Å². The van der Waals surface area contributed by atoms with Gasteiger partial charge in [0.05, 0.1) is 25.5 Å². The molecule has 10 nitrogen and oxygen atoms in total. The Labute approximate surface area is 209 Å². The number of esters is 1. The van der Waals surface area contributed by atoms with Crippen molar-refractivity contribution in [3.05, 3.63) is 75.2 Å². The molecule has 1 aromatic carbocycles. The van der Waals surface area contributed by atoms with Gasteiger partial charge in [0.15, 0.2) is 5.82 Å². The van der Waals surface area contributed by atoms with E-state index in [0.717, 1.165) is 34.2 Å². The summed E-state index contributed by atoms with van der Waals surface area (Å²) in [5, 5.41) is 13.1. The highest BCUT2D eigenvalue weighted by atomic mass is 16.5. The quantitative estimate of drug-likeness (QED) is 0.314. The normalized spacial score (nSPS) is 12.4. The smallest absolute Gasteiger partial charge is 0.327 e. The summed E-state index contributed by atoms with van der Waals surface area (Å²) in [6.45, 7) is 8.90. The van der Waals surface area contributed by atoms with Gasteiger partial charge in [0.1, 0.15) is 12.3 Å². The Bertz CT molecular complexity index is 1380. The lowest BCUT2D eigenvalue weighted by molar-refractivity contribution is -0.144. The lowest BCUT2D eigenvalue weighted by atomic mass is 10.0. The first-order valence-electron chi connectivity index (χ1n) is 12.2. The zero-order valence-corrected chi connectivity index (χ0v) is 21.2. The number of hydrogen-bond acceptors (Lipinski definition) is 8. The molecule has 0 saturated heterocycles. The van der Waals surface area contributed by atoms with Crippen molar-refractivity contribution in [1.29, 1.82) is 0 Å². The molecule has 4 rings (SSSR count). The van der Waals surface area contributed by atoms with E-state index < -0.39 is 5.97 Å². The molecule has 3 heterocycles. The molecule has 0 spiro atoms. The number of tetrazole rings is 1. The highest BCUT2D eigenvalue weighted by Gasteiger charge is 2.28. The Morgan fingerprint density at radius 3 is 2.72 bits per heavy atom. The number of furan rings is 1. The van der Waals surface area contributed by atoms with Crippen LogP contribution in [0.25, 0.3) is 10.9 Å². The number of carbonyl (C=O) groups is 1. The molecule has 36 heavy (non-hydrogen) atoms. The van der Waals surface area contributed by atoms with E-state index in [1.54, 1.807) is 13.2 Å². The Morgan fingerprint density at radius 2 is 2.00 bits per heavy atom. The second-order valence-electron chi connectivity index (χ2n) is 8.94. The minimum Gasteiger partial charge on any atom is -0.468 e. The number of nitrogens with one attached hydrogen (secondary N) is 1. The van der Waals surface area contributed by atoms with E-state index in [4.69, 9.17) is 9.15 Å². The van der Waals surface area contributed by atoms with E-state index in [0.29, 0.717) is 30.9 Å². The number of H-pyrrole nitrogens is 1. The van der Waals surface area contributed by atoms with Crippen molar-refractivity contribution in [2.75, 3.05) is 6.61 Å². The van der Waals surface area contributed by atoms with Gasteiger partial charge in [-0.05, 0) is 84.5 Å². The van der Waals surface area contributed by atoms with Crippen LogP contribution in [0.3, 0.4) is 0 Å². The van der Waals surface area contributed by atoms with E-state index in [1.165, 1.54) is 4.68 Å². The van der Waals surface area contributed by atoms with Crippen molar-refractivity contribution in [2.24, 2.45) is 0 Å². The molecule has 0 aliphatic carbocycles. The van der Waals surface area contributed by atoms with Gasteiger partial charge in [0, 0.05) is 17.6 Å². The van der Waals surface area contributed by atoms with Gasteiger partial charge in [-0.3, -0.25) is 14.5 Å². The van der Waals surface area contributed by atoms with E-state index in [9.17, 15) is 9.59 Å². The lowest BCUT2D eigenvalue weighted by Gasteiger charge is -2.30. The van der Waals surface area contributed by atoms with E-state index in [-0.39, 0.29) is 24.8 Å². The monoisotopic (exact) mass is 492 g/mol. The molecule has 0 radical (unpaired) electrons. The first-order valence-corrected chi connectivity index (χ1v) is 12.2. The van der Waals surface area contributed by atoms with Gasteiger partial charge >= 0.3 is 5.97 Å². The fourth-order valence-corrected chi connectivity index (χ4v) is 4.38. The summed E-state index contributed by atoms with van der Waals surface area (Å²) in [7, 11) is 0. The Kier molecular flexibility index (Phi) is 7.94. The van der Waals surface area contributed by atoms with Crippen LogP contribution in [0.4, 0.5) is 0 Å². The highest BCUT2D eigenvalue weighted by molar-refractivity contribution is 5.80. The van der Waals surface area contributed by atoms with Crippen molar-refractivity contribution in [3.8, 4) is 0 Å². The average Bonchev–Trinajstić information content (AvgIpc) is 3.51. The van der Waals surface area contributed by atoms with Gasteiger partial charge in [0.2, 0.25) is 0 Å². The maximum atomic E-state index is 13.1. The molecule has 0 aliphatic heterocycles. The summed E-state index contributed by atoms with van der Waals surface area (Å²) >= 11 is 0. The second-order valence-corrected chi connectivity index (χ2v) is 8.94. The third-order valence-corrected chi connectivity index (χ3v) is 6.29. The topological polar surface area (TPSA) is 119 Å². The number of aromatic amines is 1. The van der Waals surface area contributed by atoms with Crippen molar-refractivity contribution in [1.82, 2.24) is 30.1 Å². The Balaban J connectivity index is 1.73. The van der Waals surface area contributed by atoms with Crippen molar-refractivity contribution in [3.63, 3.8) is 0 Å². The molecule has 190 valence electrons. The maximum Gasteiger partial charge on any atom is 0.327 e. The summed E-state index contributed by atoms with van der Waals surface area (Å²) in [4.78, 5) is 30.4. The van der Waals surface area contributed by atoms with E-state index in [1.807, 2.05) is 31.2 Å². The molecular weight excluding hydrogens is 460 g/mol. The van der Waals surface area contributed by atoms with E-state index >= 15 is 0 Å². The number of ether oxygens (including phenoxy) is 1. The van der Waals surface area contributed by atoms with Gasteiger partial charge in [0.25, 0.3) is 5.56 Å². The van der Waals surface area contributed by atoms with Crippen molar-refractivity contribution in [2.45, 2.75) is 66.2 Å². The molecule has 3 aromatic heterocycles. The van der Waals surface area contributed by atoms with Crippen LogP contribution in [0.2, 0.25) is 0 Å². The molecule has 1 N–H and O–H groups in total. The zero-order valence-electron chi connectivity index (χ0n) is 21.2. The summed E-state index contributed by atoms with van der Waals surface area (Å²) in [6, 6.07) is 9.50. The molecule has 0 fully saturated rings. The molecular formula is C26H32N6O4. The van der Waals surface area contributed by atoms with Gasteiger partial charge in [-0.1, -0.05) is 13.3 Å². The molecule has 0 amide bonds. The predicted molar refractivity (Wildman–Crippen MR) is 134 cm³/mol. The highest BCUT2D eigenvalue weighted by Crippen LogP contribution is 2.28. The third-order valence-electron chi connectivity index (χ3n) is 6.29. The Morgan fingerprint density at radius 1 is 1.19 bits per heavy atom. The molecule has 0 saturated carbocycles. The number of fused-ring (bicyclic) bond motifs is 1. The largest absolute Gasteiger partial charge is 0.468 e. The van der Waals surface area contributed by atoms with Crippen LogP contribution in [-0.2, 0) is 29.2 Å². The number of carbonyl (C=O) groups excluding carboxylic acids is 1. The molecule has 0 unspecified atom stereocenters. The van der Waals surface area contributed by atoms with Gasteiger partial charge < -0.3 is 14.1 Å².